The Kier molecular flexibility index (Phi) is 3.58. The molecule has 1 saturated carbocycles. The maximum absolute atomic E-state index is 12.2. The van der Waals surface area contributed by atoms with Crippen LogP contribution < -0.4 is 10.6 Å². The lowest BCUT2D eigenvalue weighted by Gasteiger charge is -2.46. The Morgan fingerprint density at radius 1 is 1.19 bits per heavy atom. The minimum atomic E-state index is -0.493. The van der Waals surface area contributed by atoms with Gasteiger partial charge in [0.2, 0.25) is 0 Å². The topological polar surface area (TPSA) is 74.2 Å². The zero-order valence-corrected chi connectivity index (χ0v) is 11.5. The molecular formula is C16H17N3O2. The molecule has 1 aliphatic rings. The van der Waals surface area contributed by atoms with Gasteiger partial charge in [-0.1, -0.05) is 30.3 Å². The van der Waals surface area contributed by atoms with Crippen LogP contribution >= 0.6 is 0 Å². The van der Waals surface area contributed by atoms with E-state index in [1.807, 2.05) is 30.3 Å². The molecule has 0 bridgehead atoms. The van der Waals surface area contributed by atoms with E-state index in [1.165, 1.54) is 0 Å². The summed E-state index contributed by atoms with van der Waals surface area (Å²) in [5, 5.41) is 15.4. The van der Waals surface area contributed by atoms with Crippen LogP contribution in [0.4, 0.5) is 10.5 Å². The number of aliphatic hydroxyl groups is 1. The molecule has 1 heterocycles. The average molecular weight is 283 g/mol. The van der Waals surface area contributed by atoms with Crippen LogP contribution in [0, 0.1) is 0 Å². The third-order valence-corrected chi connectivity index (χ3v) is 3.77. The normalized spacial score (nSPS) is 24.0. The van der Waals surface area contributed by atoms with Crippen LogP contribution in [0.25, 0.3) is 0 Å². The van der Waals surface area contributed by atoms with Crippen LogP contribution in [0.1, 0.15) is 18.4 Å². The first kappa shape index (κ1) is 13.6. The van der Waals surface area contributed by atoms with Gasteiger partial charge in [0.25, 0.3) is 0 Å². The van der Waals surface area contributed by atoms with Crippen LogP contribution in [-0.4, -0.2) is 22.2 Å². The van der Waals surface area contributed by atoms with E-state index in [0.29, 0.717) is 18.5 Å². The van der Waals surface area contributed by atoms with E-state index in [1.54, 1.807) is 24.5 Å². The van der Waals surface area contributed by atoms with Crippen molar-refractivity contribution in [1.29, 1.82) is 0 Å². The Balaban J connectivity index is 1.73. The molecule has 1 fully saturated rings. The summed E-state index contributed by atoms with van der Waals surface area (Å²) in [6.07, 6.45) is 3.92. The molecule has 5 nitrogen and oxygen atoms in total. The van der Waals surface area contributed by atoms with Crippen LogP contribution in [-0.2, 0) is 5.54 Å². The molecule has 21 heavy (non-hydrogen) atoms. The standard InChI is InChI=1S/C16H17N3O2/c20-14-9-16(10-14,12-5-2-1-3-6-12)19-15(21)18-13-7-4-8-17-11-13/h1-8,11,14,20H,9-10H2,(H2,18,19,21). The fourth-order valence-electron chi connectivity index (χ4n) is 2.73. The smallest absolute Gasteiger partial charge is 0.319 e. The van der Waals surface area contributed by atoms with Gasteiger partial charge in [0.15, 0.2) is 0 Å². The summed E-state index contributed by atoms with van der Waals surface area (Å²) in [6, 6.07) is 13.0. The number of nitrogens with zero attached hydrogens (tertiary/aromatic N) is 1. The molecular weight excluding hydrogens is 266 g/mol. The van der Waals surface area contributed by atoms with Crippen LogP contribution in [0.5, 0.6) is 0 Å². The highest BCUT2D eigenvalue weighted by Crippen LogP contribution is 2.41. The minimum Gasteiger partial charge on any atom is -0.393 e. The number of aromatic nitrogens is 1. The summed E-state index contributed by atoms with van der Waals surface area (Å²) in [7, 11) is 0. The minimum absolute atomic E-state index is 0.293. The van der Waals surface area contributed by atoms with E-state index < -0.39 is 5.54 Å². The number of carbonyl (C=O) groups is 1. The number of rotatable bonds is 3. The SMILES string of the molecule is O=C(Nc1cccnc1)NC1(c2ccccc2)CC(O)C1. The van der Waals surface area contributed by atoms with E-state index in [4.69, 9.17) is 0 Å². The molecule has 2 aromatic rings. The lowest BCUT2D eigenvalue weighted by atomic mass is 9.70. The lowest BCUT2D eigenvalue weighted by molar-refractivity contribution is 0.00651. The van der Waals surface area contributed by atoms with E-state index in [9.17, 15) is 9.90 Å². The highest BCUT2D eigenvalue weighted by Gasteiger charge is 2.46. The zero-order chi connectivity index (χ0) is 14.7. The van der Waals surface area contributed by atoms with Crippen molar-refractivity contribution < 1.29 is 9.90 Å². The molecule has 3 rings (SSSR count). The van der Waals surface area contributed by atoms with Crippen molar-refractivity contribution in [2.75, 3.05) is 5.32 Å². The van der Waals surface area contributed by atoms with Gasteiger partial charge in [0, 0.05) is 19.0 Å². The van der Waals surface area contributed by atoms with Crippen molar-refractivity contribution in [2.45, 2.75) is 24.5 Å². The molecule has 0 atom stereocenters. The average Bonchev–Trinajstić information content (AvgIpc) is 2.47. The van der Waals surface area contributed by atoms with Crippen molar-refractivity contribution in [1.82, 2.24) is 10.3 Å². The molecule has 0 aliphatic heterocycles. The molecule has 3 N–H and O–H groups in total. The summed E-state index contributed by atoms with van der Waals surface area (Å²) in [5.74, 6) is 0. The largest absolute Gasteiger partial charge is 0.393 e. The van der Waals surface area contributed by atoms with E-state index >= 15 is 0 Å². The number of aliphatic hydroxyl groups excluding tert-OH is 1. The van der Waals surface area contributed by atoms with Gasteiger partial charge in [-0.3, -0.25) is 4.98 Å². The van der Waals surface area contributed by atoms with E-state index in [-0.39, 0.29) is 12.1 Å². The predicted octanol–water partition coefficient (Wildman–Crippen LogP) is 2.25. The number of hydrogen-bond acceptors (Lipinski definition) is 3. The highest BCUT2D eigenvalue weighted by atomic mass is 16.3. The van der Waals surface area contributed by atoms with Gasteiger partial charge < -0.3 is 15.7 Å². The zero-order valence-electron chi connectivity index (χ0n) is 11.5. The van der Waals surface area contributed by atoms with Gasteiger partial charge in [-0.25, -0.2) is 4.79 Å². The monoisotopic (exact) mass is 283 g/mol. The fourth-order valence-corrected chi connectivity index (χ4v) is 2.73. The number of amides is 2. The Hall–Kier alpha value is -2.40. The maximum atomic E-state index is 12.2. The summed E-state index contributed by atoms with van der Waals surface area (Å²) in [6.45, 7) is 0. The Morgan fingerprint density at radius 3 is 2.57 bits per heavy atom. The first-order chi connectivity index (χ1) is 10.2. The second-order valence-corrected chi connectivity index (χ2v) is 5.33. The van der Waals surface area contributed by atoms with Gasteiger partial charge in [0.1, 0.15) is 0 Å². The number of urea groups is 1. The molecule has 1 aromatic heterocycles. The van der Waals surface area contributed by atoms with Gasteiger partial charge in [-0.05, 0) is 17.7 Å². The number of pyridine rings is 1. The molecule has 5 heteroatoms. The number of hydrogen-bond donors (Lipinski definition) is 3. The van der Waals surface area contributed by atoms with Crippen LogP contribution in [0.2, 0.25) is 0 Å². The Bertz CT molecular complexity index is 610. The van der Waals surface area contributed by atoms with Crippen molar-refractivity contribution in [3.8, 4) is 0 Å². The number of carbonyl (C=O) groups excluding carboxylic acids is 1. The summed E-state index contributed by atoms with van der Waals surface area (Å²) in [4.78, 5) is 16.1. The second-order valence-electron chi connectivity index (χ2n) is 5.33. The maximum Gasteiger partial charge on any atom is 0.319 e. The Morgan fingerprint density at radius 2 is 1.95 bits per heavy atom. The molecule has 0 radical (unpaired) electrons. The summed E-state index contributed by atoms with van der Waals surface area (Å²) < 4.78 is 0. The molecule has 2 amide bonds. The third-order valence-electron chi connectivity index (χ3n) is 3.77. The molecule has 108 valence electrons. The Labute approximate surface area is 123 Å². The van der Waals surface area contributed by atoms with E-state index in [2.05, 4.69) is 15.6 Å². The number of benzene rings is 1. The molecule has 1 aromatic carbocycles. The van der Waals surface area contributed by atoms with Crippen molar-refractivity contribution in [3.05, 3.63) is 60.4 Å². The van der Waals surface area contributed by atoms with Crippen LogP contribution in [0.3, 0.4) is 0 Å². The fraction of sp³-hybridized carbons (Fsp3) is 0.250. The summed E-state index contributed by atoms with van der Waals surface area (Å²) >= 11 is 0. The molecule has 1 aliphatic carbocycles. The molecule has 0 saturated heterocycles. The number of anilines is 1. The van der Waals surface area contributed by atoms with Gasteiger partial charge in [-0.15, -0.1) is 0 Å². The van der Waals surface area contributed by atoms with Crippen LogP contribution in [0.15, 0.2) is 54.9 Å². The third kappa shape index (κ3) is 2.87. The first-order valence-corrected chi connectivity index (χ1v) is 6.91. The molecule has 0 spiro atoms. The van der Waals surface area contributed by atoms with Gasteiger partial charge in [0.05, 0.1) is 23.5 Å². The predicted molar refractivity (Wildman–Crippen MR) is 79.8 cm³/mol. The van der Waals surface area contributed by atoms with Crippen molar-refractivity contribution in [3.63, 3.8) is 0 Å². The van der Waals surface area contributed by atoms with Gasteiger partial charge >= 0.3 is 6.03 Å². The highest BCUT2D eigenvalue weighted by molar-refractivity contribution is 5.89. The van der Waals surface area contributed by atoms with Crippen molar-refractivity contribution in [2.24, 2.45) is 0 Å². The van der Waals surface area contributed by atoms with Crippen molar-refractivity contribution >= 4 is 11.7 Å². The molecule has 0 unspecified atom stereocenters. The second kappa shape index (κ2) is 5.54. The van der Waals surface area contributed by atoms with E-state index in [0.717, 1.165) is 5.56 Å². The lowest BCUT2D eigenvalue weighted by Crippen LogP contribution is -2.57. The van der Waals surface area contributed by atoms with Gasteiger partial charge in [-0.2, -0.15) is 0 Å². The quantitative estimate of drug-likeness (QED) is 0.809. The first-order valence-electron chi connectivity index (χ1n) is 6.91. The summed E-state index contributed by atoms with van der Waals surface area (Å²) in [5.41, 5.74) is 1.15. The number of nitrogens with one attached hydrogen (secondary N) is 2.